The molecule has 0 fully saturated rings. The Hall–Kier alpha value is -2.82. The highest BCUT2D eigenvalue weighted by atomic mass is 16.2. The molecule has 1 amide bonds. The summed E-state index contributed by atoms with van der Waals surface area (Å²) in [5.41, 5.74) is 4.74. The van der Waals surface area contributed by atoms with Crippen LogP contribution in [0, 0.1) is 13.8 Å². The van der Waals surface area contributed by atoms with Crippen LogP contribution in [0.5, 0.6) is 0 Å². The van der Waals surface area contributed by atoms with Gasteiger partial charge in [0.2, 0.25) is 5.91 Å². The molecule has 0 aliphatic rings. The Morgan fingerprint density at radius 3 is 2.36 bits per heavy atom. The maximum atomic E-state index is 12.6. The van der Waals surface area contributed by atoms with E-state index in [0.29, 0.717) is 13.1 Å². The summed E-state index contributed by atoms with van der Waals surface area (Å²) in [7, 11) is 0. The quantitative estimate of drug-likeness (QED) is 0.775. The zero-order chi connectivity index (χ0) is 18.0. The number of anilines is 1. The third kappa shape index (κ3) is 3.22. The van der Waals surface area contributed by atoms with E-state index in [2.05, 4.69) is 5.32 Å². The lowest BCUT2D eigenvalue weighted by molar-refractivity contribution is -0.116. The number of carbonyl (C=O) groups excluding carboxylic acids is 1. The summed E-state index contributed by atoms with van der Waals surface area (Å²) >= 11 is 0. The molecule has 3 rings (SSSR count). The lowest BCUT2D eigenvalue weighted by Gasteiger charge is -2.10. The predicted octanol–water partition coefficient (Wildman–Crippen LogP) is 3.47. The second kappa shape index (κ2) is 6.97. The van der Waals surface area contributed by atoms with E-state index >= 15 is 0 Å². The fourth-order valence-electron chi connectivity index (χ4n) is 3.11. The van der Waals surface area contributed by atoms with Crippen molar-refractivity contribution < 1.29 is 4.79 Å². The number of nitrogens with zero attached hydrogens (tertiary/aromatic N) is 2. The third-order valence-corrected chi connectivity index (χ3v) is 4.68. The molecule has 0 radical (unpaired) electrons. The summed E-state index contributed by atoms with van der Waals surface area (Å²) in [6, 6.07) is 13.5. The van der Waals surface area contributed by atoms with Gasteiger partial charge < -0.3 is 5.32 Å². The van der Waals surface area contributed by atoms with E-state index in [0.717, 1.165) is 27.8 Å². The molecule has 130 valence electrons. The topological polar surface area (TPSA) is 56.0 Å². The van der Waals surface area contributed by atoms with Gasteiger partial charge in [0, 0.05) is 25.2 Å². The van der Waals surface area contributed by atoms with E-state index < -0.39 is 0 Å². The molecule has 3 aromatic rings. The van der Waals surface area contributed by atoms with Crippen LogP contribution in [-0.4, -0.2) is 15.0 Å². The molecule has 2 aromatic carbocycles. The van der Waals surface area contributed by atoms with Crippen LogP contribution < -0.4 is 11.0 Å². The Morgan fingerprint density at radius 2 is 1.68 bits per heavy atom. The van der Waals surface area contributed by atoms with Crippen molar-refractivity contribution in [2.24, 2.45) is 0 Å². The van der Waals surface area contributed by atoms with E-state index in [9.17, 15) is 9.59 Å². The van der Waals surface area contributed by atoms with Crippen molar-refractivity contribution in [3.63, 3.8) is 0 Å². The van der Waals surface area contributed by atoms with E-state index in [4.69, 9.17) is 0 Å². The second-order valence-corrected chi connectivity index (χ2v) is 6.21. The maximum Gasteiger partial charge on any atom is 0.329 e. The van der Waals surface area contributed by atoms with E-state index in [1.54, 1.807) is 9.13 Å². The average molecular weight is 337 g/mol. The number of para-hydroxylation sites is 2. The average Bonchev–Trinajstić information content (AvgIpc) is 2.88. The number of nitrogens with one attached hydrogen (secondary N) is 1. The number of benzene rings is 2. The van der Waals surface area contributed by atoms with Crippen LogP contribution in [0.15, 0.2) is 47.3 Å². The number of aryl methyl sites for hydroxylation is 3. The van der Waals surface area contributed by atoms with Crippen LogP contribution >= 0.6 is 0 Å². The van der Waals surface area contributed by atoms with Crippen molar-refractivity contribution in [2.45, 2.75) is 40.3 Å². The van der Waals surface area contributed by atoms with Gasteiger partial charge in [-0.25, -0.2) is 4.79 Å². The molecule has 0 saturated heterocycles. The molecule has 0 bridgehead atoms. The maximum absolute atomic E-state index is 12.6. The highest BCUT2D eigenvalue weighted by Gasteiger charge is 2.13. The second-order valence-electron chi connectivity index (χ2n) is 6.21. The summed E-state index contributed by atoms with van der Waals surface area (Å²) in [6.45, 7) is 6.93. The molecular formula is C20H23N3O2. The van der Waals surface area contributed by atoms with Gasteiger partial charge in [-0.2, -0.15) is 0 Å². The smallest absolute Gasteiger partial charge is 0.326 e. The van der Waals surface area contributed by atoms with Crippen molar-refractivity contribution >= 4 is 22.6 Å². The van der Waals surface area contributed by atoms with Crippen LogP contribution in [-0.2, 0) is 17.9 Å². The number of aromatic nitrogens is 2. The van der Waals surface area contributed by atoms with Crippen LogP contribution in [0.2, 0.25) is 0 Å². The Morgan fingerprint density at radius 1 is 1.00 bits per heavy atom. The largest absolute Gasteiger partial charge is 0.329 e. The van der Waals surface area contributed by atoms with Gasteiger partial charge in [-0.1, -0.05) is 24.3 Å². The molecule has 0 aliphatic carbocycles. The van der Waals surface area contributed by atoms with Gasteiger partial charge in [-0.15, -0.1) is 0 Å². The summed E-state index contributed by atoms with van der Waals surface area (Å²) in [5.74, 6) is -0.0890. The summed E-state index contributed by atoms with van der Waals surface area (Å²) in [6.07, 6.45) is 0.255. The summed E-state index contributed by atoms with van der Waals surface area (Å²) < 4.78 is 3.42. The SMILES string of the molecule is CCn1c(=O)n(CCC(=O)Nc2cccc(C)c2C)c2ccccc21. The Labute approximate surface area is 146 Å². The van der Waals surface area contributed by atoms with E-state index in [1.165, 1.54) is 0 Å². The van der Waals surface area contributed by atoms with Crippen LogP contribution in [0.3, 0.4) is 0 Å². The van der Waals surface area contributed by atoms with Crippen molar-refractivity contribution in [1.82, 2.24) is 9.13 Å². The zero-order valence-corrected chi connectivity index (χ0v) is 14.9. The summed E-state index contributed by atoms with van der Waals surface area (Å²) in [4.78, 5) is 24.9. The molecule has 0 spiro atoms. The molecule has 0 saturated carbocycles. The lowest BCUT2D eigenvalue weighted by Crippen LogP contribution is -2.25. The number of fused-ring (bicyclic) bond motifs is 1. The molecule has 5 nitrogen and oxygen atoms in total. The van der Waals surface area contributed by atoms with Gasteiger partial charge in [-0.05, 0) is 50.1 Å². The molecule has 0 aliphatic heterocycles. The van der Waals surface area contributed by atoms with Crippen LogP contribution in [0.4, 0.5) is 5.69 Å². The fourth-order valence-corrected chi connectivity index (χ4v) is 3.11. The number of hydrogen-bond donors (Lipinski definition) is 1. The van der Waals surface area contributed by atoms with E-state index in [-0.39, 0.29) is 18.0 Å². The lowest BCUT2D eigenvalue weighted by atomic mass is 10.1. The molecular weight excluding hydrogens is 314 g/mol. The Balaban J connectivity index is 1.79. The minimum absolute atomic E-state index is 0.0664. The first-order valence-electron chi connectivity index (χ1n) is 8.57. The number of rotatable bonds is 5. The normalized spacial score (nSPS) is 11.0. The number of carbonyl (C=O) groups is 1. The first-order valence-corrected chi connectivity index (χ1v) is 8.57. The first-order chi connectivity index (χ1) is 12.0. The first kappa shape index (κ1) is 17.0. The third-order valence-electron chi connectivity index (χ3n) is 4.68. The number of imidazole rings is 1. The Bertz CT molecular complexity index is 982. The molecule has 1 heterocycles. The molecule has 0 atom stereocenters. The molecule has 0 unspecified atom stereocenters. The monoisotopic (exact) mass is 337 g/mol. The van der Waals surface area contributed by atoms with Gasteiger partial charge in [0.25, 0.3) is 0 Å². The number of amides is 1. The minimum atomic E-state index is -0.0890. The molecule has 5 heteroatoms. The summed E-state index contributed by atoms with van der Waals surface area (Å²) in [5, 5.41) is 2.95. The van der Waals surface area contributed by atoms with Crippen LogP contribution in [0.1, 0.15) is 24.5 Å². The van der Waals surface area contributed by atoms with Gasteiger partial charge in [-0.3, -0.25) is 13.9 Å². The Kier molecular flexibility index (Phi) is 4.74. The molecule has 25 heavy (non-hydrogen) atoms. The fraction of sp³-hybridized carbons (Fsp3) is 0.300. The minimum Gasteiger partial charge on any atom is -0.326 e. The van der Waals surface area contributed by atoms with Gasteiger partial charge in [0.1, 0.15) is 0 Å². The van der Waals surface area contributed by atoms with E-state index in [1.807, 2.05) is 63.2 Å². The zero-order valence-electron chi connectivity index (χ0n) is 14.9. The van der Waals surface area contributed by atoms with Crippen molar-refractivity contribution in [3.8, 4) is 0 Å². The van der Waals surface area contributed by atoms with Crippen molar-refractivity contribution in [2.75, 3.05) is 5.32 Å². The van der Waals surface area contributed by atoms with Crippen molar-refractivity contribution in [1.29, 1.82) is 0 Å². The van der Waals surface area contributed by atoms with Gasteiger partial charge in [0.15, 0.2) is 0 Å². The standard InChI is InChI=1S/C20H23N3O2/c1-4-22-17-10-5-6-11-18(17)23(20(22)25)13-12-19(24)21-16-9-7-8-14(2)15(16)3/h5-11H,4,12-13H2,1-3H3,(H,21,24). The van der Waals surface area contributed by atoms with Gasteiger partial charge in [0.05, 0.1) is 11.0 Å². The molecule has 1 N–H and O–H groups in total. The van der Waals surface area contributed by atoms with Crippen LogP contribution in [0.25, 0.3) is 11.0 Å². The molecule has 1 aromatic heterocycles. The number of hydrogen-bond acceptors (Lipinski definition) is 2. The van der Waals surface area contributed by atoms with Gasteiger partial charge >= 0.3 is 5.69 Å². The highest BCUT2D eigenvalue weighted by Crippen LogP contribution is 2.18. The predicted molar refractivity (Wildman–Crippen MR) is 101 cm³/mol. The highest BCUT2D eigenvalue weighted by molar-refractivity contribution is 5.91. The van der Waals surface area contributed by atoms with Crippen molar-refractivity contribution in [3.05, 3.63) is 64.1 Å².